The number of hydrogen-bond donors (Lipinski definition) is 1. The number of fused-ring (bicyclic) bond motifs is 2. The predicted molar refractivity (Wildman–Crippen MR) is 115 cm³/mol. The lowest BCUT2D eigenvalue weighted by Gasteiger charge is -2.26. The zero-order valence-corrected chi connectivity index (χ0v) is 16.5. The molecular formula is C23H21N3OS. The third-order valence-corrected chi connectivity index (χ3v) is 6.46. The van der Waals surface area contributed by atoms with Crippen LogP contribution in [-0.2, 0) is 12.8 Å². The molecule has 1 atom stereocenters. The maximum absolute atomic E-state index is 5.36. The van der Waals surface area contributed by atoms with Crippen molar-refractivity contribution in [3.05, 3.63) is 72.1 Å². The quantitative estimate of drug-likeness (QED) is 0.514. The van der Waals surface area contributed by atoms with Crippen molar-refractivity contribution in [1.29, 1.82) is 0 Å². The van der Waals surface area contributed by atoms with Gasteiger partial charge in [0.1, 0.15) is 22.7 Å². The molecule has 2 aromatic heterocycles. The molecule has 2 heterocycles. The lowest BCUT2D eigenvalue weighted by molar-refractivity contribution is 0.413. The first-order chi connectivity index (χ1) is 13.8. The van der Waals surface area contributed by atoms with Crippen LogP contribution in [0.25, 0.3) is 20.7 Å². The van der Waals surface area contributed by atoms with Crippen molar-refractivity contribution in [3.8, 4) is 16.2 Å². The molecule has 140 valence electrons. The van der Waals surface area contributed by atoms with E-state index in [0.29, 0.717) is 6.04 Å². The minimum absolute atomic E-state index is 0.374. The Labute approximate surface area is 168 Å². The second kappa shape index (κ2) is 7.24. The summed E-state index contributed by atoms with van der Waals surface area (Å²) in [6.45, 7) is 0. The molecule has 0 saturated heterocycles. The maximum Gasteiger partial charge on any atom is 0.138 e. The van der Waals surface area contributed by atoms with Gasteiger partial charge in [0.05, 0.1) is 12.5 Å². The summed E-state index contributed by atoms with van der Waals surface area (Å²) in [4.78, 5) is 11.3. The lowest BCUT2D eigenvalue weighted by Crippen LogP contribution is -2.27. The van der Waals surface area contributed by atoms with Gasteiger partial charge in [-0.05, 0) is 54.2 Å². The highest BCUT2D eigenvalue weighted by atomic mass is 32.1. The topological polar surface area (TPSA) is 47.0 Å². The molecule has 0 radical (unpaired) electrons. The average Bonchev–Trinajstić information content (AvgIpc) is 3.19. The summed E-state index contributed by atoms with van der Waals surface area (Å²) in [6, 6.07) is 19.4. The minimum Gasteiger partial charge on any atom is -0.497 e. The van der Waals surface area contributed by atoms with Gasteiger partial charge < -0.3 is 10.1 Å². The number of rotatable bonds is 4. The molecule has 0 spiro atoms. The number of aryl methyl sites for hydroxylation is 1. The second-order valence-electron chi connectivity index (χ2n) is 7.14. The van der Waals surface area contributed by atoms with E-state index in [4.69, 9.17) is 4.74 Å². The minimum atomic E-state index is 0.374. The van der Waals surface area contributed by atoms with Crippen molar-refractivity contribution in [3.63, 3.8) is 0 Å². The molecule has 4 aromatic rings. The summed E-state index contributed by atoms with van der Waals surface area (Å²) in [6.07, 6.45) is 4.80. The van der Waals surface area contributed by atoms with E-state index in [9.17, 15) is 0 Å². The van der Waals surface area contributed by atoms with Gasteiger partial charge in [-0.2, -0.15) is 0 Å². The molecular weight excluding hydrogens is 366 g/mol. The molecule has 0 fully saturated rings. The number of methoxy groups -OCH3 is 1. The van der Waals surface area contributed by atoms with Crippen LogP contribution in [0.1, 0.15) is 17.5 Å². The maximum atomic E-state index is 5.36. The van der Waals surface area contributed by atoms with Crippen LogP contribution in [-0.4, -0.2) is 23.1 Å². The normalized spacial score (nSPS) is 16.0. The van der Waals surface area contributed by atoms with Crippen LogP contribution in [0.3, 0.4) is 0 Å². The molecule has 4 nitrogen and oxygen atoms in total. The highest BCUT2D eigenvalue weighted by molar-refractivity contribution is 7.21. The van der Waals surface area contributed by atoms with Crippen LogP contribution in [0.5, 0.6) is 5.75 Å². The van der Waals surface area contributed by atoms with Gasteiger partial charge in [0.25, 0.3) is 0 Å². The second-order valence-corrected chi connectivity index (χ2v) is 8.17. The van der Waals surface area contributed by atoms with E-state index >= 15 is 0 Å². The Morgan fingerprint density at radius 2 is 1.93 bits per heavy atom. The van der Waals surface area contributed by atoms with E-state index in [1.54, 1.807) is 24.8 Å². The summed E-state index contributed by atoms with van der Waals surface area (Å²) in [5, 5.41) is 4.79. The summed E-state index contributed by atoms with van der Waals surface area (Å²) in [5.74, 6) is 1.87. The third kappa shape index (κ3) is 3.22. The average molecular weight is 388 g/mol. The van der Waals surface area contributed by atoms with E-state index in [0.717, 1.165) is 41.0 Å². The van der Waals surface area contributed by atoms with E-state index in [1.165, 1.54) is 21.6 Å². The fourth-order valence-corrected chi connectivity index (χ4v) is 4.89. The van der Waals surface area contributed by atoms with Crippen molar-refractivity contribution in [2.75, 3.05) is 12.4 Å². The SMILES string of the molecule is COc1ccc2c(c1)CCC(Nc1ncnc3sc(-c4ccccc4)cc13)C2. The standard InChI is InChI=1S/C23H21N3OS/c1-27-19-10-8-16-11-18(9-7-17(16)12-19)26-22-20-13-21(15-5-3-2-4-6-15)28-23(20)25-14-24-22/h2-6,8,10,12-14,18H,7,9,11H2,1H3,(H,24,25,26). The Balaban J connectivity index is 1.41. The monoisotopic (exact) mass is 387 g/mol. The predicted octanol–water partition coefficient (Wildman–Crippen LogP) is 5.34. The number of aromatic nitrogens is 2. The largest absolute Gasteiger partial charge is 0.497 e. The highest BCUT2D eigenvalue weighted by Gasteiger charge is 2.20. The van der Waals surface area contributed by atoms with Crippen LogP contribution in [0.4, 0.5) is 5.82 Å². The molecule has 1 N–H and O–H groups in total. The van der Waals surface area contributed by atoms with Crippen molar-refractivity contribution in [2.45, 2.75) is 25.3 Å². The molecule has 2 aromatic carbocycles. The van der Waals surface area contributed by atoms with Gasteiger partial charge in [0, 0.05) is 10.9 Å². The summed E-state index contributed by atoms with van der Waals surface area (Å²) < 4.78 is 5.36. The Morgan fingerprint density at radius 1 is 1.04 bits per heavy atom. The number of ether oxygens (including phenoxy) is 1. The molecule has 0 amide bonds. The molecule has 5 rings (SSSR count). The van der Waals surface area contributed by atoms with Crippen LogP contribution in [0.2, 0.25) is 0 Å². The number of thiophene rings is 1. The number of nitrogens with one attached hydrogen (secondary N) is 1. The Bertz CT molecular complexity index is 1120. The lowest BCUT2D eigenvalue weighted by atomic mass is 9.88. The van der Waals surface area contributed by atoms with Crippen LogP contribution < -0.4 is 10.1 Å². The van der Waals surface area contributed by atoms with E-state index < -0.39 is 0 Å². The highest BCUT2D eigenvalue weighted by Crippen LogP contribution is 2.35. The van der Waals surface area contributed by atoms with Gasteiger partial charge in [0.2, 0.25) is 0 Å². The molecule has 1 aliphatic rings. The van der Waals surface area contributed by atoms with Gasteiger partial charge in [-0.25, -0.2) is 9.97 Å². The van der Waals surface area contributed by atoms with Gasteiger partial charge >= 0.3 is 0 Å². The van der Waals surface area contributed by atoms with Gasteiger partial charge in [-0.15, -0.1) is 11.3 Å². The van der Waals surface area contributed by atoms with Gasteiger partial charge in [0.15, 0.2) is 0 Å². The van der Waals surface area contributed by atoms with Crippen LogP contribution >= 0.6 is 11.3 Å². The van der Waals surface area contributed by atoms with Crippen LogP contribution in [0, 0.1) is 0 Å². The van der Waals surface area contributed by atoms with E-state index in [2.05, 4.69) is 63.8 Å². The zero-order valence-electron chi connectivity index (χ0n) is 15.7. The Kier molecular flexibility index (Phi) is 4.45. The summed E-state index contributed by atoms with van der Waals surface area (Å²) in [7, 11) is 1.72. The van der Waals surface area contributed by atoms with E-state index in [1.807, 2.05) is 6.07 Å². The summed E-state index contributed by atoms with van der Waals surface area (Å²) >= 11 is 1.71. The van der Waals surface area contributed by atoms with Gasteiger partial charge in [-0.3, -0.25) is 0 Å². The summed E-state index contributed by atoms with van der Waals surface area (Å²) in [5.41, 5.74) is 4.01. The molecule has 1 aliphatic carbocycles. The number of nitrogens with zero attached hydrogens (tertiary/aromatic N) is 2. The first kappa shape index (κ1) is 17.2. The molecule has 5 heteroatoms. The van der Waals surface area contributed by atoms with E-state index in [-0.39, 0.29) is 0 Å². The molecule has 0 aliphatic heterocycles. The number of anilines is 1. The number of benzene rings is 2. The zero-order chi connectivity index (χ0) is 18.9. The molecule has 28 heavy (non-hydrogen) atoms. The van der Waals surface area contributed by atoms with Crippen molar-refractivity contribution < 1.29 is 4.74 Å². The first-order valence-electron chi connectivity index (χ1n) is 9.52. The molecule has 0 saturated carbocycles. The van der Waals surface area contributed by atoms with Crippen molar-refractivity contribution in [2.24, 2.45) is 0 Å². The Morgan fingerprint density at radius 3 is 2.79 bits per heavy atom. The number of hydrogen-bond acceptors (Lipinski definition) is 5. The molecule has 1 unspecified atom stereocenters. The smallest absolute Gasteiger partial charge is 0.138 e. The molecule has 0 bridgehead atoms. The fraction of sp³-hybridized carbons (Fsp3) is 0.217. The Hall–Kier alpha value is -2.92. The first-order valence-corrected chi connectivity index (χ1v) is 10.3. The van der Waals surface area contributed by atoms with Crippen LogP contribution in [0.15, 0.2) is 60.9 Å². The third-order valence-electron chi connectivity index (χ3n) is 5.37. The van der Waals surface area contributed by atoms with Crippen molar-refractivity contribution >= 4 is 27.4 Å². The van der Waals surface area contributed by atoms with Gasteiger partial charge in [-0.1, -0.05) is 36.4 Å². The fourth-order valence-electron chi connectivity index (χ4n) is 3.89. The van der Waals surface area contributed by atoms with Crippen molar-refractivity contribution in [1.82, 2.24) is 9.97 Å².